The van der Waals surface area contributed by atoms with Crippen LogP contribution in [0.15, 0.2) is 48.5 Å². The van der Waals surface area contributed by atoms with Crippen LogP contribution in [0.4, 0.5) is 18.9 Å². The fourth-order valence-corrected chi connectivity index (χ4v) is 2.86. The highest BCUT2D eigenvalue weighted by atomic mass is 19.4. The second-order valence-electron chi connectivity index (χ2n) is 6.09. The third kappa shape index (κ3) is 4.62. The summed E-state index contributed by atoms with van der Waals surface area (Å²) < 4.78 is 44.5. The number of nitrogens with zero attached hydrogens (tertiary/aromatic N) is 1. The minimum absolute atomic E-state index is 0.247. The summed E-state index contributed by atoms with van der Waals surface area (Å²) in [5.41, 5.74) is 0.151. The van der Waals surface area contributed by atoms with Crippen LogP contribution in [0.1, 0.15) is 21.5 Å². The Balaban J connectivity index is 1.73. The number of carbonyl (C=O) groups is 1. The average molecular weight is 364 g/mol. The van der Waals surface area contributed by atoms with E-state index in [1.54, 1.807) is 18.2 Å². The van der Waals surface area contributed by atoms with Gasteiger partial charge in [-0.3, -0.25) is 9.69 Å². The fourth-order valence-electron chi connectivity index (χ4n) is 2.86. The van der Waals surface area contributed by atoms with E-state index in [-0.39, 0.29) is 5.69 Å². The Morgan fingerprint density at radius 3 is 2.54 bits per heavy atom. The molecule has 0 radical (unpaired) electrons. The van der Waals surface area contributed by atoms with E-state index >= 15 is 0 Å². The molecule has 138 valence electrons. The Morgan fingerprint density at radius 2 is 1.81 bits per heavy atom. The maximum absolute atomic E-state index is 13.1. The molecule has 0 unspecified atom stereocenters. The van der Waals surface area contributed by atoms with Gasteiger partial charge in [0.1, 0.15) is 0 Å². The first kappa shape index (κ1) is 18.4. The molecule has 1 heterocycles. The Bertz CT molecular complexity index is 771. The van der Waals surface area contributed by atoms with Crippen molar-refractivity contribution in [2.45, 2.75) is 12.7 Å². The van der Waals surface area contributed by atoms with Gasteiger partial charge in [0, 0.05) is 25.2 Å². The molecular weight excluding hydrogens is 345 g/mol. The van der Waals surface area contributed by atoms with E-state index in [0.717, 1.165) is 24.7 Å². The maximum atomic E-state index is 13.1. The summed E-state index contributed by atoms with van der Waals surface area (Å²) in [6.07, 6.45) is -4.53. The minimum Gasteiger partial charge on any atom is -0.379 e. The second kappa shape index (κ2) is 7.88. The molecule has 0 atom stereocenters. The van der Waals surface area contributed by atoms with Gasteiger partial charge in [-0.05, 0) is 29.8 Å². The molecule has 0 aliphatic carbocycles. The molecular formula is C19H19F3N2O2. The zero-order valence-electron chi connectivity index (χ0n) is 14.1. The van der Waals surface area contributed by atoms with E-state index in [1.807, 2.05) is 6.07 Å². The number of alkyl halides is 3. The van der Waals surface area contributed by atoms with Crippen LogP contribution < -0.4 is 5.32 Å². The highest BCUT2D eigenvalue weighted by molar-refractivity contribution is 6.04. The Hall–Kier alpha value is -2.38. The van der Waals surface area contributed by atoms with Crippen LogP contribution in [-0.2, 0) is 17.5 Å². The van der Waals surface area contributed by atoms with E-state index < -0.39 is 17.6 Å². The van der Waals surface area contributed by atoms with Gasteiger partial charge in [0.25, 0.3) is 5.91 Å². The third-order valence-corrected chi connectivity index (χ3v) is 4.18. The number of morpholine rings is 1. The molecule has 3 rings (SSSR count). The van der Waals surface area contributed by atoms with Gasteiger partial charge >= 0.3 is 6.18 Å². The summed E-state index contributed by atoms with van der Waals surface area (Å²) >= 11 is 0. The fraction of sp³-hybridized carbons (Fsp3) is 0.316. The lowest BCUT2D eigenvalue weighted by Gasteiger charge is -2.26. The Morgan fingerprint density at radius 1 is 1.08 bits per heavy atom. The SMILES string of the molecule is O=C(Nc1ccccc1C(F)(F)F)c1cccc(CN2CCOCC2)c1. The molecule has 7 heteroatoms. The van der Waals surface area contributed by atoms with Crippen LogP contribution >= 0.6 is 0 Å². The van der Waals surface area contributed by atoms with Gasteiger partial charge in [0.05, 0.1) is 24.5 Å². The van der Waals surface area contributed by atoms with E-state index in [4.69, 9.17) is 4.74 Å². The number of para-hydroxylation sites is 1. The molecule has 1 aliphatic rings. The zero-order valence-corrected chi connectivity index (χ0v) is 14.1. The molecule has 1 amide bonds. The van der Waals surface area contributed by atoms with E-state index in [0.29, 0.717) is 25.3 Å². The first-order valence-corrected chi connectivity index (χ1v) is 8.30. The summed E-state index contributed by atoms with van der Waals surface area (Å²) in [6.45, 7) is 3.65. The number of ether oxygens (including phenoxy) is 1. The first-order valence-electron chi connectivity index (χ1n) is 8.30. The van der Waals surface area contributed by atoms with Gasteiger partial charge in [0.2, 0.25) is 0 Å². The molecule has 1 aliphatic heterocycles. The van der Waals surface area contributed by atoms with E-state index in [9.17, 15) is 18.0 Å². The van der Waals surface area contributed by atoms with Crippen molar-refractivity contribution in [3.05, 3.63) is 65.2 Å². The monoisotopic (exact) mass is 364 g/mol. The highest BCUT2D eigenvalue weighted by Gasteiger charge is 2.33. The average Bonchev–Trinajstić information content (AvgIpc) is 2.62. The van der Waals surface area contributed by atoms with Gasteiger partial charge in [-0.15, -0.1) is 0 Å². The van der Waals surface area contributed by atoms with Gasteiger partial charge in [0.15, 0.2) is 0 Å². The van der Waals surface area contributed by atoms with Gasteiger partial charge < -0.3 is 10.1 Å². The van der Waals surface area contributed by atoms with E-state index in [1.165, 1.54) is 18.2 Å². The number of benzene rings is 2. The lowest BCUT2D eigenvalue weighted by molar-refractivity contribution is -0.136. The molecule has 0 saturated carbocycles. The molecule has 0 spiro atoms. The van der Waals surface area contributed by atoms with Crippen LogP contribution in [0.25, 0.3) is 0 Å². The number of anilines is 1. The molecule has 0 aromatic heterocycles. The summed E-state index contributed by atoms with van der Waals surface area (Å²) in [4.78, 5) is 14.6. The van der Waals surface area contributed by atoms with Crippen molar-refractivity contribution in [1.29, 1.82) is 0 Å². The van der Waals surface area contributed by atoms with Gasteiger partial charge in [-0.1, -0.05) is 24.3 Å². The molecule has 1 saturated heterocycles. The van der Waals surface area contributed by atoms with Crippen LogP contribution in [0.5, 0.6) is 0 Å². The van der Waals surface area contributed by atoms with Crippen molar-refractivity contribution in [2.24, 2.45) is 0 Å². The molecule has 4 nitrogen and oxygen atoms in total. The normalized spacial score (nSPS) is 15.7. The number of halogens is 3. The largest absolute Gasteiger partial charge is 0.418 e. The van der Waals surface area contributed by atoms with Crippen molar-refractivity contribution in [1.82, 2.24) is 4.90 Å². The van der Waals surface area contributed by atoms with Gasteiger partial charge in [-0.2, -0.15) is 13.2 Å². The summed E-state index contributed by atoms with van der Waals surface area (Å²) in [7, 11) is 0. The molecule has 1 fully saturated rings. The molecule has 0 bridgehead atoms. The highest BCUT2D eigenvalue weighted by Crippen LogP contribution is 2.34. The first-order chi connectivity index (χ1) is 12.4. The number of hydrogen-bond donors (Lipinski definition) is 1. The third-order valence-electron chi connectivity index (χ3n) is 4.18. The van der Waals surface area contributed by atoms with Crippen molar-refractivity contribution < 1.29 is 22.7 Å². The molecule has 2 aromatic rings. The number of hydrogen-bond acceptors (Lipinski definition) is 3. The summed E-state index contributed by atoms with van der Waals surface area (Å²) in [5, 5.41) is 2.37. The topological polar surface area (TPSA) is 41.6 Å². The van der Waals surface area contributed by atoms with Crippen LogP contribution in [0.3, 0.4) is 0 Å². The van der Waals surface area contributed by atoms with E-state index in [2.05, 4.69) is 10.2 Å². The van der Waals surface area contributed by atoms with Crippen molar-refractivity contribution >= 4 is 11.6 Å². The van der Waals surface area contributed by atoms with Crippen LogP contribution in [0.2, 0.25) is 0 Å². The predicted molar refractivity (Wildman–Crippen MR) is 91.9 cm³/mol. The lowest BCUT2D eigenvalue weighted by atomic mass is 10.1. The summed E-state index contributed by atoms with van der Waals surface area (Å²) in [6, 6.07) is 11.9. The van der Waals surface area contributed by atoms with Crippen molar-refractivity contribution in [3.8, 4) is 0 Å². The zero-order chi connectivity index (χ0) is 18.6. The predicted octanol–water partition coefficient (Wildman–Crippen LogP) is 3.79. The van der Waals surface area contributed by atoms with Crippen LogP contribution in [-0.4, -0.2) is 37.1 Å². The molecule has 2 aromatic carbocycles. The second-order valence-corrected chi connectivity index (χ2v) is 6.09. The Kier molecular flexibility index (Phi) is 5.58. The maximum Gasteiger partial charge on any atom is 0.418 e. The van der Waals surface area contributed by atoms with Gasteiger partial charge in [-0.25, -0.2) is 0 Å². The number of amides is 1. The van der Waals surface area contributed by atoms with Crippen LogP contribution in [0, 0.1) is 0 Å². The minimum atomic E-state index is -4.53. The molecule has 26 heavy (non-hydrogen) atoms. The van der Waals surface area contributed by atoms with Crippen molar-refractivity contribution in [3.63, 3.8) is 0 Å². The smallest absolute Gasteiger partial charge is 0.379 e. The van der Waals surface area contributed by atoms with Crippen molar-refractivity contribution in [2.75, 3.05) is 31.6 Å². The lowest BCUT2D eigenvalue weighted by Crippen LogP contribution is -2.35. The number of carbonyl (C=O) groups excluding carboxylic acids is 1. The molecule has 1 N–H and O–H groups in total. The number of nitrogens with one attached hydrogen (secondary N) is 1. The Labute approximate surface area is 149 Å². The summed E-state index contributed by atoms with van der Waals surface area (Å²) in [5.74, 6) is -0.564. The number of rotatable bonds is 4. The standard InChI is InChI=1S/C19H19F3N2O2/c20-19(21,22)16-6-1-2-7-17(16)23-18(25)15-5-3-4-14(12-15)13-24-8-10-26-11-9-24/h1-7,12H,8-11,13H2,(H,23,25). The quantitative estimate of drug-likeness (QED) is 0.898.